The summed E-state index contributed by atoms with van der Waals surface area (Å²) in [5.41, 5.74) is 0.525. The van der Waals surface area contributed by atoms with Crippen LogP contribution in [0.15, 0.2) is 30.3 Å². The molecule has 1 amide bonds. The van der Waals surface area contributed by atoms with Gasteiger partial charge in [0.15, 0.2) is 0 Å². The fraction of sp³-hybridized carbons (Fsp3) is 0.385. The molecule has 0 spiro atoms. The van der Waals surface area contributed by atoms with Gasteiger partial charge in [0.1, 0.15) is 6.54 Å². The molecule has 0 aromatic heterocycles. The molecule has 0 radical (unpaired) electrons. The summed E-state index contributed by atoms with van der Waals surface area (Å²) in [5.74, 6) is -0.732. The molecule has 1 aromatic rings. The maximum atomic E-state index is 11.7. The lowest BCUT2D eigenvalue weighted by molar-refractivity contribution is -0.191. The molecule has 1 fully saturated rings. The van der Waals surface area contributed by atoms with Crippen LogP contribution >= 0.6 is 0 Å². The van der Waals surface area contributed by atoms with E-state index < -0.39 is 5.97 Å². The van der Waals surface area contributed by atoms with E-state index in [4.69, 9.17) is 4.84 Å². The monoisotopic (exact) mass is 263 g/mol. The molecule has 0 unspecified atom stereocenters. The third-order valence-corrected chi connectivity index (χ3v) is 2.74. The van der Waals surface area contributed by atoms with E-state index in [1.54, 1.807) is 29.3 Å². The van der Waals surface area contributed by atoms with Crippen molar-refractivity contribution in [1.29, 1.82) is 0 Å². The van der Waals surface area contributed by atoms with Crippen LogP contribution in [0.25, 0.3) is 0 Å². The van der Waals surface area contributed by atoms with E-state index in [0.29, 0.717) is 18.7 Å². The number of hydrogen-bond acceptors (Lipinski definition) is 5. The molecule has 19 heavy (non-hydrogen) atoms. The molecule has 0 saturated carbocycles. The first-order chi connectivity index (χ1) is 9.25. The van der Waals surface area contributed by atoms with Gasteiger partial charge >= 0.3 is 5.97 Å². The molecule has 1 heterocycles. The quantitative estimate of drug-likeness (QED) is 0.786. The van der Waals surface area contributed by atoms with Crippen LogP contribution in [0.3, 0.4) is 0 Å². The van der Waals surface area contributed by atoms with Crippen molar-refractivity contribution in [2.75, 3.05) is 32.7 Å². The molecule has 1 aromatic carbocycles. The number of nitrogens with zero attached hydrogens (tertiary/aromatic N) is 1. The number of hydrogen-bond donors (Lipinski definition) is 2. The Labute approximate surface area is 111 Å². The van der Waals surface area contributed by atoms with Crippen molar-refractivity contribution in [1.82, 2.24) is 15.7 Å². The molecule has 2 N–H and O–H groups in total. The molecule has 6 heteroatoms. The summed E-state index contributed by atoms with van der Waals surface area (Å²) in [7, 11) is 0. The molecule has 0 aliphatic carbocycles. The molecule has 1 aliphatic heterocycles. The van der Waals surface area contributed by atoms with Gasteiger partial charge in [-0.15, -0.1) is 5.06 Å². The zero-order valence-corrected chi connectivity index (χ0v) is 10.6. The van der Waals surface area contributed by atoms with Crippen LogP contribution in [0.5, 0.6) is 0 Å². The van der Waals surface area contributed by atoms with E-state index >= 15 is 0 Å². The van der Waals surface area contributed by atoms with E-state index in [0.717, 1.165) is 13.1 Å². The highest BCUT2D eigenvalue weighted by atomic mass is 16.7. The molecular formula is C13H17N3O3. The lowest BCUT2D eigenvalue weighted by Crippen LogP contribution is -2.45. The Morgan fingerprint density at radius 2 is 1.89 bits per heavy atom. The Morgan fingerprint density at radius 3 is 2.58 bits per heavy atom. The van der Waals surface area contributed by atoms with Crippen molar-refractivity contribution in [3.8, 4) is 0 Å². The second-order valence-electron chi connectivity index (χ2n) is 4.19. The van der Waals surface area contributed by atoms with Gasteiger partial charge in [-0.05, 0) is 12.1 Å². The predicted octanol–water partition coefficient (Wildman–Crippen LogP) is -0.220. The van der Waals surface area contributed by atoms with Gasteiger partial charge in [0.25, 0.3) is 5.91 Å². The molecule has 1 aliphatic rings. The summed E-state index contributed by atoms with van der Waals surface area (Å²) in [5, 5.41) is 7.29. The van der Waals surface area contributed by atoms with Crippen LogP contribution in [-0.2, 0) is 9.63 Å². The first kappa shape index (κ1) is 13.5. The topological polar surface area (TPSA) is 70.7 Å². The van der Waals surface area contributed by atoms with Gasteiger partial charge in [0.05, 0.1) is 0 Å². The lowest BCUT2D eigenvalue weighted by Gasteiger charge is -2.25. The van der Waals surface area contributed by atoms with Gasteiger partial charge in [-0.25, -0.2) is 4.79 Å². The van der Waals surface area contributed by atoms with Crippen LogP contribution in [0.2, 0.25) is 0 Å². The second-order valence-corrected chi connectivity index (χ2v) is 4.19. The minimum atomic E-state index is -0.453. The highest BCUT2D eigenvalue weighted by molar-refractivity contribution is 5.95. The molecule has 0 bridgehead atoms. The van der Waals surface area contributed by atoms with E-state index in [1.807, 2.05) is 6.07 Å². The molecular weight excluding hydrogens is 246 g/mol. The average Bonchev–Trinajstić information content (AvgIpc) is 2.47. The molecule has 6 nitrogen and oxygen atoms in total. The van der Waals surface area contributed by atoms with Gasteiger partial charge in [0.2, 0.25) is 0 Å². The van der Waals surface area contributed by atoms with Gasteiger partial charge in [-0.1, -0.05) is 18.2 Å². The van der Waals surface area contributed by atoms with E-state index in [2.05, 4.69) is 10.6 Å². The molecule has 2 rings (SSSR count). The second kappa shape index (κ2) is 6.86. The zero-order chi connectivity index (χ0) is 13.5. The number of amides is 1. The van der Waals surface area contributed by atoms with Crippen molar-refractivity contribution >= 4 is 11.9 Å². The minimum absolute atomic E-state index is 0.127. The third-order valence-electron chi connectivity index (χ3n) is 2.74. The zero-order valence-electron chi connectivity index (χ0n) is 10.6. The Kier molecular flexibility index (Phi) is 4.88. The largest absolute Gasteiger partial charge is 0.366 e. The van der Waals surface area contributed by atoms with Crippen LogP contribution in [0, 0.1) is 0 Å². The Morgan fingerprint density at radius 1 is 1.21 bits per heavy atom. The first-order valence-electron chi connectivity index (χ1n) is 6.25. The Hall–Kier alpha value is -1.92. The fourth-order valence-corrected chi connectivity index (χ4v) is 1.76. The number of benzene rings is 1. The van der Waals surface area contributed by atoms with Crippen LogP contribution < -0.4 is 10.6 Å². The fourth-order valence-electron chi connectivity index (χ4n) is 1.76. The van der Waals surface area contributed by atoms with Crippen LogP contribution in [0.4, 0.5) is 0 Å². The van der Waals surface area contributed by atoms with Crippen LogP contribution in [-0.4, -0.2) is 49.7 Å². The van der Waals surface area contributed by atoms with Gasteiger partial charge in [-0.2, -0.15) is 0 Å². The van der Waals surface area contributed by atoms with Gasteiger partial charge in [0, 0.05) is 31.7 Å². The van der Waals surface area contributed by atoms with Crippen molar-refractivity contribution in [2.24, 2.45) is 0 Å². The maximum Gasteiger partial charge on any atom is 0.344 e. The highest BCUT2D eigenvalue weighted by Gasteiger charge is 2.15. The van der Waals surface area contributed by atoms with E-state index in [-0.39, 0.29) is 12.5 Å². The van der Waals surface area contributed by atoms with E-state index in [9.17, 15) is 9.59 Å². The summed E-state index contributed by atoms with van der Waals surface area (Å²) >= 11 is 0. The third kappa shape index (κ3) is 4.35. The van der Waals surface area contributed by atoms with Gasteiger partial charge in [-0.3, -0.25) is 4.79 Å². The highest BCUT2D eigenvalue weighted by Crippen LogP contribution is 1.98. The number of carbonyl (C=O) groups is 2. The lowest BCUT2D eigenvalue weighted by atomic mass is 10.2. The summed E-state index contributed by atoms with van der Waals surface area (Å²) in [6.45, 7) is 2.79. The number of carbonyl (C=O) groups excluding carboxylic acids is 2. The minimum Gasteiger partial charge on any atom is -0.366 e. The molecule has 1 saturated heterocycles. The summed E-state index contributed by atoms with van der Waals surface area (Å²) in [4.78, 5) is 28.4. The number of nitrogens with one attached hydrogen (secondary N) is 2. The number of piperazine rings is 1. The summed E-state index contributed by atoms with van der Waals surface area (Å²) < 4.78 is 0. The average molecular weight is 263 g/mol. The van der Waals surface area contributed by atoms with Crippen molar-refractivity contribution in [2.45, 2.75) is 0 Å². The Balaban J connectivity index is 1.72. The van der Waals surface area contributed by atoms with Crippen LogP contribution in [0.1, 0.15) is 10.4 Å². The van der Waals surface area contributed by atoms with Gasteiger partial charge < -0.3 is 15.5 Å². The number of rotatable bonds is 4. The summed E-state index contributed by atoms with van der Waals surface area (Å²) in [6.07, 6.45) is 0. The van der Waals surface area contributed by atoms with E-state index in [1.165, 1.54) is 0 Å². The van der Waals surface area contributed by atoms with Crippen molar-refractivity contribution < 1.29 is 14.4 Å². The first-order valence-corrected chi connectivity index (χ1v) is 6.25. The molecule has 0 atom stereocenters. The maximum absolute atomic E-state index is 11.7. The standard InChI is InChI=1S/C13H17N3O3/c17-12(19-16-8-6-14-7-9-16)10-15-13(18)11-4-2-1-3-5-11/h1-5,14H,6-10H2,(H,15,18). The number of hydroxylamine groups is 2. The van der Waals surface area contributed by atoms with Crippen molar-refractivity contribution in [3.63, 3.8) is 0 Å². The summed E-state index contributed by atoms with van der Waals surface area (Å²) in [6, 6.07) is 8.76. The normalized spacial score (nSPS) is 15.8. The van der Waals surface area contributed by atoms with Crippen molar-refractivity contribution in [3.05, 3.63) is 35.9 Å². The predicted molar refractivity (Wildman–Crippen MR) is 69.3 cm³/mol. The SMILES string of the molecule is O=C(CNC(=O)c1ccccc1)ON1CCNCC1. The molecule has 102 valence electrons. The smallest absolute Gasteiger partial charge is 0.344 e. The Bertz CT molecular complexity index is 430.